The zero-order valence-electron chi connectivity index (χ0n) is 17.0. The molecule has 0 saturated heterocycles. The molecule has 0 fully saturated rings. The summed E-state index contributed by atoms with van der Waals surface area (Å²) in [4.78, 5) is 0.828. The summed E-state index contributed by atoms with van der Waals surface area (Å²) in [5, 5.41) is 0.735. The van der Waals surface area contributed by atoms with E-state index in [4.69, 9.17) is 24.2 Å². The van der Waals surface area contributed by atoms with Crippen LogP contribution >= 0.6 is 11.6 Å². The van der Waals surface area contributed by atoms with Gasteiger partial charge in [-0.2, -0.15) is 4.90 Å². The molecular formula is C22H40ClNS. The van der Waals surface area contributed by atoms with Crippen molar-refractivity contribution in [1.29, 1.82) is 0 Å². The first kappa shape index (κ1) is 24.7. The summed E-state index contributed by atoms with van der Waals surface area (Å²) in [6, 6.07) is 7.17. The zero-order valence-corrected chi connectivity index (χ0v) is 18.6. The number of unbranched alkanes of at least 4 members (excludes halogenated alkanes) is 4. The molecule has 3 heteroatoms. The number of nitrogens with zero attached hydrogens (tertiary/aromatic N) is 1. The van der Waals surface area contributed by atoms with Crippen LogP contribution in [-0.4, -0.2) is 30.7 Å². The van der Waals surface area contributed by atoms with Crippen molar-refractivity contribution in [2.75, 3.05) is 26.2 Å². The van der Waals surface area contributed by atoms with Gasteiger partial charge in [-0.3, -0.25) is 0 Å². The van der Waals surface area contributed by atoms with E-state index < -0.39 is 0 Å². The molecule has 1 aromatic rings. The number of benzene rings is 1. The Morgan fingerprint density at radius 2 is 1.00 bits per heavy atom. The van der Waals surface area contributed by atoms with E-state index in [9.17, 15) is 0 Å². The van der Waals surface area contributed by atoms with Crippen LogP contribution in [0.25, 0.3) is 0 Å². The summed E-state index contributed by atoms with van der Waals surface area (Å²) in [5.41, 5.74) is 0. The smallest absolute Gasteiger partial charge is 0.0786 e. The molecule has 0 N–H and O–H groups in total. The lowest BCUT2D eigenvalue weighted by Gasteiger charge is -2.39. The van der Waals surface area contributed by atoms with Crippen molar-refractivity contribution in [2.45, 2.75) is 84.0 Å². The average Bonchev–Trinajstić information content (AvgIpc) is 2.63. The third-order valence-electron chi connectivity index (χ3n) is 4.76. The van der Waals surface area contributed by atoms with Crippen LogP contribution in [0.5, 0.6) is 0 Å². The van der Waals surface area contributed by atoms with E-state index in [1.54, 1.807) is 24.3 Å². The maximum Gasteiger partial charge on any atom is 0.0786 e. The molecular weight excluding hydrogens is 346 g/mol. The van der Waals surface area contributed by atoms with Crippen LogP contribution in [0.2, 0.25) is 5.02 Å². The normalized spacial score (nSPS) is 11.1. The minimum Gasteiger partial charge on any atom is -0.780 e. The lowest BCUT2D eigenvalue weighted by Crippen LogP contribution is -2.50. The molecule has 0 heterocycles. The van der Waals surface area contributed by atoms with Gasteiger partial charge < -0.3 is 17.1 Å². The van der Waals surface area contributed by atoms with Crippen LogP contribution in [0, 0.1) is 0 Å². The topological polar surface area (TPSA) is 0 Å². The number of hydrogen-bond acceptors (Lipinski definition) is 1. The van der Waals surface area contributed by atoms with Gasteiger partial charge in [0.1, 0.15) is 0 Å². The number of hydrogen-bond donors (Lipinski definition) is 0. The average molecular weight is 386 g/mol. The van der Waals surface area contributed by atoms with Crippen LogP contribution in [-0.2, 0) is 12.6 Å². The third kappa shape index (κ3) is 12.6. The highest BCUT2D eigenvalue weighted by molar-refractivity contribution is 7.58. The van der Waals surface area contributed by atoms with Crippen LogP contribution in [0.3, 0.4) is 0 Å². The minimum atomic E-state index is 0.735. The Hall–Kier alpha value is -0.310. The second-order valence-electron chi connectivity index (χ2n) is 7.10. The molecule has 0 aliphatic heterocycles. The first-order valence-corrected chi connectivity index (χ1v) is 11.1. The van der Waals surface area contributed by atoms with Crippen LogP contribution in [0.4, 0.5) is 0 Å². The van der Waals surface area contributed by atoms with E-state index in [1.165, 1.54) is 82.0 Å². The highest BCUT2D eigenvalue weighted by atomic mass is 35.5. The van der Waals surface area contributed by atoms with Crippen molar-refractivity contribution < 1.29 is 4.48 Å². The van der Waals surface area contributed by atoms with Gasteiger partial charge in [-0.25, -0.2) is 0 Å². The van der Waals surface area contributed by atoms with Crippen molar-refractivity contribution in [2.24, 2.45) is 0 Å². The lowest BCUT2D eigenvalue weighted by atomic mass is 10.1. The van der Waals surface area contributed by atoms with Gasteiger partial charge in [-0.1, -0.05) is 77.1 Å². The van der Waals surface area contributed by atoms with Crippen LogP contribution in [0.15, 0.2) is 29.2 Å². The van der Waals surface area contributed by atoms with Gasteiger partial charge in [0.05, 0.1) is 26.2 Å². The van der Waals surface area contributed by atoms with Gasteiger partial charge in [0, 0.05) is 5.02 Å². The number of rotatable bonds is 12. The van der Waals surface area contributed by atoms with Gasteiger partial charge in [0.2, 0.25) is 0 Å². The molecule has 0 unspecified atom stereocenters. The van der Waals surface area contributed by atoms with Crippen molar-refractivity contribution in [3.05, 3.63) is 29.3 Å². The summed E-state index contributed by atoms with van der Waals surface area (Å²) in [6.07, 6.45) is 11.1. The van der Waals surface area contributed by atoms with E-state index in [2.05, 4.69) is 27.7 Å². The highest BCUT2D eigenvalue weighted by Crippen LogP contribution is 2.16. The molecule has 0 radical (unpaired) electrons. The van der Waals surface area contributed by atoms with Gasteiger partial charge in [0.15, 0.2) is 0 Å². The fourth-order valence-corrected chi connectivity index (χ4v) is 3.34. The number of quaternary nitrogens is 1. The van der Waals surface area contributed by atoms with Gasteiger partial charge in [0.25, 0.3) is 0 Å². The standard InChI is InChI=1S/C16H36N.C6H5ClS/c1-5-9-13-17(14-10-6-2,15-11-7-3)16-12-8-4;7-5-1-3-6(8)4-2-5/h5-16H2,1-4H3;1-4,8H/q+1;/p-1. The second kappa shape index (κ2) is 15.9. The molecule has 25 heavy (non-hydrogen) atoms. The highest BCUT2D eigenvalue weighted by Gasteiger charge is 2.24. The quantitative estimate of drug-likeness (QED) is 0.269. The van der Waals surface area contributed by atoms with Crippen molar-refractivity contribution in [1.82, 2.24) is 0 Å². The molecule has 1 rings (SSSR count). The van der Waals surface area contributed by atoms with Crippen LogP contribution < -0.4 is 0 Å². The van der Waals surface area contributed by atoms with Crippen molar-refractivity contribution >= 4 is 24.2 Å². The molecule has 0 aliphatic carbocycles. The molecule has 0 saturated carbocycles. The van der Waals surface area contributed by atoms with Gasteiger partial charge in [-0.15, -0.1) is 0 Å². The summed E-state index contributed by atoms with van der Waals surface area (Å²) < 4.78 is 1.42. The summed E-state index contributed by atoms with van der Waals surface area (Å²) in [5.74, 6) is 0. The van der Waals surface area contributed by atoms with Gasteiger partial charge >= 0.3 is 0 Å². The summed E-state index contributed by atoms with van der Waals surface area (Å²) in [7, 11) is 0. The van der Waals surface area contributed by atoms with E-state index >= 15 is 0 Å². The molecule has 0 spiro atoms. The summed E-state index contributed by atoms with van der Waals surface area (Å²) in [6.45, 7) is 15.0. The van der Waals surface area contributed by atoms with Crippen LogP contribution in [0.1, 0.15) is 79.1 Å². The van der Waals surface area contributed by atoms with Crippen molar-refractivity contribution in [3.63, 3.8) is 0 Å². The van der Waals surface area contributed by atoms with E-state index in [-0.39, 0.29) is 0 Å². The second-order valence-corrected chi connectivity index (χ2v) is 8.01. The molecule has 0 bridgehead atoms. The van der Waals surface area contributed by atoms with E-state index in [0.29, 0.717) is 0 Å². The fraction of sp³-hybridized carbons (Fsp3) is 0.727. The largest absolute Gasteiger partial charge is 0.780 e. The first-order valence-electron chi connectivity index (χ1n) is 10.3. The van der Waals surface area contributed by atoms with E-state index in [1.807, 2.05) is 0 Å². The van der Waals surface area contributed by atoms with E-state index in [0.717, 1.165) is 9.92 Å². The fourth-order valence-electron chi connectivity index (χ4n) is 3.08. The predicted octanol–water partition coefficient (Wildman–Crippen LogP) is 7.25. The summed E-state index contributed by atoms with van der Waals surface area (Å²) >= 11 is 10.4. The Morgan fingerprint density at radius 1 is 0.680 bits per heavy atom. The van der Waals surface area contributed by atoms with Crippen molar-refractivity contribution in [3.8, 4) is 0 Å². The Morgan fingerprint density at radius 3 is 1.24 bits per heavy atom. The Balaban J connectivity index is 0.000000593. The third-order valence-corrected chi connectivity index (χ3v) is 5.28. The lowest BCUT2D eigenvalue weighted by molar-refractivity contribution is -0.929. The predicted molar refractivity (Wildman–Crippen MR) is 116 cm³/mol. The maximum atomic E-state index is 5.57. The zero-order chi connectivity index (χ0) is 19.0. The Labute approximate surface area is 168 Å². The molecule has 0 amide bonds. The molecule has 0 atom stereocenters. The Kier molecular flexibility index (Phi) is 15.7. The molecule has 1 aromatic carbocycles. The SMILES string of the molecule is CCCC[N+](CCCC)(CCCC)CCCC.[S-]c1ccc(Cl)cc1. The number of halogens is 1. The molecule has 1 nitrogen and oxygen atoms in total. The Bertz CT molecular complexity index is 346. The molecule has 0 aliphatic rings. The maximum absolute atomic E-state index is 5.57. The molecule has 146 valence electrons. The van der Waals surface area contributed by atoms with Gasteiger partial charge in [-0.05, 0) is 37.8 Å². The first-order chi connectivity index (χ1) is 12.0. The molecule has 0 aromatic heterocycles. The monoisotopic (exact) mass is 385 g/mol. The minimum absolute atomic E-state index is 0.735.